The van der Waals surface area contributed by atoms with Gasteiger partial charge in [-0.05, 0) is 36.4 Å². The number of morpholine rings is 2. The zero-order chi connectivity index (χ0) is 25.9. The van der Waals surface area contributed by atoms with Crippen LogP contribution in [0.1, 0.15) is 16.7 Å². The number of hydrogen-bond donors (Lipinski definition) is 0. The van der Waals surface area contributed by atoms with Gasteiger partial charge in [-0.2, -0.15) is 0 Å². The van der Waals surface area contributed by atoms with Gasteiger partial charge in [0.15, 0.2) is 0 Å². The lowest BCUT2D eigenvalue weighted by molar-refractivity contribution is -0.384. The molecule has 3 saturated heterocycles. The third kappa shape index (κ3) is 5.48. The zero-order valence-corrected chi connectivity index (χ0v) is 21.4. The van der Waals surface area contributed by atoms with E-state index in [0.717, 1.165) is 28.6 Å². The summed E-state index contributed by atoms with van der Waals surface area (Å²) in [6.45, 7) is 6.56. The average molecular weight is 525 g/mol. The van der Waals surface area contributed by atoms with E-state index in [1.54, 1.807) is 6.08 Å². The van der Waals surface area contributed by atoms with Crippen LogP contribution in [0.4, 0.5) is 21.9 Å². The van der Waals surface area contributed by atoms with E-state index in [1.807, 2.05) is 42.2 Å². The topological polar surface area (TPSA) is 105 Å². The van der Waals surface area contributed by atoms with Crippen LogP contribution in [0.25, 0.3) is 6.08 Å². The number of thioether (sulfide) groups is 1. The molecule has 0 bridgehead atoms. The minimum atomic E-state index is -0.399. The lowest BCUT2D eigenvalue weighted by atomic mass is 10.1. The molecule has 194 valence electrons. The fourth-order valence-corrected chi connectivity index (χ4v) is 5.58. The number of imide groups is 1. The lowest BCUT2D eigenvalue weighted by Crippen LogP contribution is -2.38. The lowest BCUT2D eigenvalue weighted by Gasteiger charge is -2.33. The number of benzene rings is 2. The van der Waals surface area contributed by atoms with Crippen molar-refractivity contribution in [2.45, 2.75) is 13.5 Å². The molecule has 2 aromatic rings. The Morgan fingerprint density at radius 3 is 2.24 bits per heavy atom. The second kappa shape index (κ2) is 10.9. The molecule has 3 aliphatic heterocycles. The van der Waals surface area contributed by atoms with Crippen LogP contribution in [-0.4, -0.2) is 73.6 Å². The SMILES string of the molecule is Cc1cccc(CN2C(=O)S/C(=C\c3cc([N+](=O)[O-])c(N4CCOCC4)cc3N3CCOCC3)C2=O)c1. The summed E-state index contributed by atoms with van der Waals surface area (Å²) in [6, 6.07) is 11.0. The van der Waals surface area contributed by atoms with Gasteiger partial charge in [-0.25, -0.2) is 0 Å². The molecule has 2 amide bonds. The van der Waals surface area contributed by atoms with Crippen LogP contribution in [0.15, 0.2) is 41.3 Å². The normalized spacial score (nSPS) is 19.7. The monoisotopic (exact) mass is 524 g/mol. The van der Waals surface area contributed by atoms with E-state index >= 15 is 0 Å². The fourth-order valence-electron chi connectivity index (χ4n) is 4.75. The largest absolute Gasteiger partial charge is 0.378 e. The Kier molecular flexibility index (Phi) is 7.45. The standard InChI is InChI=1S/C26H28N4O6S/c1-18-3-2-4-19(13-18)17-29-25(31)24(37-26(29)32)15-20-14-23(30(33)34)22(28-7-11-36-12-8-28)16-21(20)27-5-9-35-10-6-27/h2-4,13-16H,5-12,17H2,1H3/b24-15-. The second-order valence-corrected chi connectivity index (χ2v) is 10.1. The van der Waals surface area contributed by atoms with Crippen molar-refractivity contribution < 1.29 is 24.0 Å². The molecule has 0 unspecified atom stereocenters. The number of nitro benzene ring substituents is 1. The van der Waals surface area contributed by atoms with Crippen LogP contribution < -0.4 is 9.80 Å². The van der Waals surface area contributed by atoms with Gasteiger partial charge in [-0.15, -0.1) is 0 Å². The maximum Gasteiger partial charge on any atom is 0.293 e. The summed E-state index contributed by atoms with van der Waals surface area (Å²) in [4.78, 5) is 43.3. The van der Waals surface area contributed by atoms with Gasteiger partial charge in [-0.1, -0.05) is 29.8 Å². The second-order valence-electron chi connectivity index (χ2n) is 9.11. The number of carbonyl (C=O) groups excluding carboxylic acids is 2. The minimum absolute atomic E-state index is 0.0378. The van der Waals surface area contributed by atoms with Crippen LogP contribution in [0.3, 0.4) is 0 Å². The van der Waals surface area contributed by atoms with Gasteiger partial charge in [0.1, 0.15) is 5.69 Å². The van der Waals surface area contributed by atoms with Gasteiger partial charge in [-0.3, -0.25) is 24.6 Å². The number of carbonyl (C=O) groups is 2. The molecule has 0 saturated carbocycles. The van der Waals surface area contributed by atoms with Crippen molar-refractivity contribution in [1.82, 2.24) is 4.90 Å². The highest BCUT2D eigenvalue weighted by molar-refractivity contribution is 8.18. The molecule has 0 N–H and O–H groups in total. The molecule has 0 spiro atoms. The van der Waals surface area contributed by atoms with Crippen molar-refractivity contribution in [1.29, 1.82) is 0 Å². The number of ether oxygens (including phenoxy) is 2. The van der Waals surface area contributed by atoms with Gasteiger partial charge >= 0.3 is 0 Å². The Morgan fingerprint density at radius 2 is 1.62 bits per heavy atom. The number of amides is 2. The Morgan fingerprint density at radius 1 is 0.973 bits per heavy atom. The third-order valence-corrected chi connectivity index (χ3v) is 7.51. The molecule has 3 aliphatic rings. The first-order chi connectivity index (χ1) is 17.9. The number of nitro groups is 1. The number of nitrogens with zero attached hydrogens (tertiary/aromatic N) is 4. The third-order valence-electron chi connectivity index (χ3n) is 6.61. The van der Waals surface area contributed by atoms with Crippen molar-refractivity contribution in [3.8, 4) is 0 Å². The van der Waals surface area contributed by atoms with Crippen LogP contribution in [-0.2, 0) is 20.8 Å². The van der Waals surface area contributed by atoms with Crippen LogP contribution >= 0.6 is 11.8 Å². The molecular formula is C26H28N4O6S. The number of anilines is 2. The predicted octanol–water partition coefficient (Wildman–Crippen LogP) is 3.81. The molecule has 3 fully saturated rings. The Balaban J connectivity index is 1.52. The molecular weight excluding hydrogens is 496 g/mol. The van der Waals surface area contributed by atoms with E-state index in [9.17, 15) is 19.7 Å². The summed E-state index contributed by atoms with van der Waals surface area (Å²) < 4.78 is 10.9. The smallest absolute Gasteiger partial charge is 0.293 e. The van der Waals surface area contributed by atoms with Crippen molar-refractivity contribution in [2.75, 3.05) is 62.4 Å². The summed E-state index contributed by atoms with van der Waals surface area (Å²) in [5.41, 5.74) is 3.71. The van der Waals surface area contributed by atoms with Crippen LogP contribution in [0, 0.1) is 17.0 Å². The van der Waals surface area contributed by atoms with E-state index in [0.29, 0.717) is 63.9 Å². The Bertz CT molecular complexity index is 1250. The number of hydrogen-bond acceptors (Lipinski definition) is 9. The quantitative estimate of drug-likeness (QED) is 0.317. The summed E-state index contributed by atoms with van der Waals surface area (Å²) >= 11 is 0.860. The first kappa shape index (κ1) is 25.2. The number of aryl methyl sites for hydroxylation is 1. The highest BCUT2D eigenvalue weighted by atomic mass is 32.2. The number of rotatable bonds is 6. The Hall–Kier alpha value is -3.41. The highest BCUT2D eigenvalue weighted by Gasteiger charge is 2.36. The maximum absolute atomic E-state index is 13.3. The summed E-state index contributed by atoms with van der Waals surface area (Å²) in [5.74, 6) is -0.399. The molecule has 0 radical (unpaired) electrons. The van der Waals surface area contributed by atoms with Crippen molar-refractivity contribution in [2.24, 2.45) is 0 Å². The van der Waals surface area contributed by atoms with E-state index in [4.69, 9.17) is 9.47 Å². The maximum atomic E-state index is 13.3. The van der Waals surface area contributed by atoms with Crippen molar-refractivity contribution >= 4 is 46.0 Å². The van der Waals surface area contributed by atoms with Crippen molar-refractivity contribution in [3.63, 3.8) is 0 Å². The molecule has 0 aromatic heterocycles. The molecule has 2 aromatic carbocycles. The van der Waals surface area contributed by atoms with Gasteiger partial charge in [0, 0.05) is 43.5 Å². The fraction of sp³-hybridized carbons (Fsp3) is 0.385. The van der Waals surface area contributed by atoms with Gasteiger partial charge in [0.2, 0.25) is 0 Å². The highest BCUT2D eigenvalue weighted by Crippen LogP contribution is 2.40. The van der Waals surface area contributed by atoms with Crippen LogP contribution in [0.2, 0.25) is 0 Å². The average Bonchev–Trinajstić information content (AvgIpc) is 3.16. The molecule has 11 heteroatoms. The van der Waals surface area contributed by atoms with E-state index < -0.39 is 10.8 Å². The summed E-state index contributed by atoms with van der Waals surface area (Å²) in [5, 5.41) is 11.7. The van der Waals surface area contributed by atoms with E-state index in [-0.39, 0.29) is 22.4 Å². The molecule has 10 nitrogen and oxygen atoms in total. The van der Waals surface area contributed by atoms with Gasteiger partial charge < -0.3 is 19.3 Å². The van der Waals surface area contributed by atoms with E-state index in [2.05, 4.69) is 4.90 Å². The zero-order valence-electron chi connectivity index (χ0n) is 20.6. The summed E-state index contributed by atoms with van der Waals surface area (Å²) in [7, 11) is 0. The van der Waals surface area contributed by atoms with Gasteiger partial charge in [0.05, 0.1) is 42.8 Å². The first-order valence-corrected chi connectivity index (χ1v) is 13.0. The molecule has 0 atom stereocenters. The molecule has 0 aliphatic carbocycles. The van der Waals surface area contributed by atoms with Crippen molar-refractivity contribution in [3.05, 3.63) is 68.1 Å². The van der Waals surface area contributed by atoms with Gasteiger partial charge in [0.25, 0.3) is 16.8 Å². The predicted molar refractivity (Wildman–Crippen MR) is 142 cm³/mol. The molecule has 3 heterocycles. The summed E-state index contributed by atoms with van der Waals surface area (Å²) in [6.07, 6.45) is 1.61. The van der Waals surface area contributed by atoms with E-state index in [1.165, 1.54) is 11.0 Å². The minimum Gasteiger partial charge on any atom is -0.378 e. The Labute approximate surface area is 218 Å². The molecule has 37 heavy (non-hydrogen) atoms. The van der Waals surface area contributed by atoms with Crippen LogP contribution in [0.5, 0.6) is 0 Å². The first-order valence-electron chi connectivity index (χ1n) is 12.2. The molecule has 5 rings (SSSR count).